The Hall–Kier alpha value is -2.51. The molecule has 1 heterocycles. The first kappa shape index (κ1) is 23.2. The number of rotatable bonds is 10. The van der Waals surface area contributed by atoms with Crippen molar-refractivity contribution in [2.75, 3.05) is 54.9 Å². The monoisotopic (exact) mass is 441 g/mol. The second kappa shape index (κ2) is 11.8. The molecule has 1 N–H and O–H groups in total. The normalized spacial score (nSPS) is 15.5. The number of benzene rings is 2. The molecular weight excluding hydrogens is 410 g/mol. The smallest absolute Gasteiger partial charge is 0.236 e. The van der Waals surface area contributed by atoms with Gasteiger partial charge in [-0.1, -0.05) is 30.3 Å². The van der Waals surface area contributed by atoms with Crippen molar-refractivity contribution in [3.05, 3.63) is 60.2 Å². The van der Waals surface area contributed by atoms with Gasteiger partial charge in [0.1, 0.15) is 5.75 Å². The Morgan fingerprint density at radius 3 is 2.42 bits per heavy atom. The number of Topliss-reactive ketones (excluding diaryl/α,β-unsaturated/α-hetero) is 1. The fourth-order valence-electron chi connectivity index (χ4n) is 3.79. The number of para-hydroxylation sites is 1. The molecule has 0 aliphatic carbocycles. The molecule has 31 heavy (non-hydrogen) atoms. The topological polar surface area (TPSA) is 69.7 Å². The molecule has 7 heteroatoms. The number of carbonyl (C=O) groups excluding carboxylic acids is 2. The Morgan fingerprint density at radius 1 is 0.968 bits per heavy atom. The Labute approximate surface area is 187 Å². The summed E-state index contributed by atoms with van der Waals surface area (Å²) in [6.07, 6.45) is 3.84. The summed E-state index contributed by atoms with van der Waals surface area (Å²) in [4.78, 5) is 29.2. The first-order valence-corrected chi connectivity index (χ1v) is 12.5. The summed E-state index contributed by atoms with van der Waals surface area (Å²) in [6, 6.07) is 17.5. The Balaban J connectivity index is 1.36. The number of amides is 1. The summed E-state index contributed by atoms with van der Waals surface area (Å²) in [5, 5.41) is 2.70. The number of nitrogens with one attached hydrogen (secondary N) is 1. The molecule has 0 radical (unpaired) electrons. The fourth-order valence-corrected chi connectivity index (χ4v) is 4.23. The summed E-state index contributed by atoms with van der Waals surface area (Å²) < 4.78 is 11.2. The van der Waals surface area contributed by atoms with Gasteiger partial charge >= 0.3 is 0 Å². The van der Waals surface area contributed by atoms with Gasteiger partial charge in [0.25, 0.3) is 0 Å². The van der Waals surface area contributed by atoms with Crippen LogP contribution in [0.3, 0.4) is 0 Å². The summed E-state index contributed by atoms with van der Waals surface area (Å²) >= 11 is 0. The summed E-state index contributed by atoms with van der Waals surface area (Å²) in [7, 11) is -1.19. The number of carbonyl (C=O) groups is 2. The highest BCUT2D eigenvalue weighted by atomic mass is 32.2. The van der Waals surface area contributed by atoms with Crippen molar-refractivity contribution < 1.29 is 13.8 Å². The molecule has 0 saturated carbocycles. The second-order valence-electron chi connectivity index (χ2n) is 7.89. The molecule has 0 spiro atoms. The second-order valence-corrected chi connectivity index (χ2v) is 9.33. The van der Waals surface area contributed by atoms with Crippen LogP contribution in [-0.4, -0.2) is 65.5 Å². The van der Waals surface area contributed by atoms with Gasteiger partial charge in [-0.15, -0.1) is 0 Å². The van der Waals surface area contributed by atoms with E-state index in [1.54, 1.807) is 24.3 Å². The van der Waals surface area contributed by atoms with Crippen molar-refractivity contribution in [2.45, 2.75) is 19.3 Å². The van der Waals surface area contributed by atoms with Crippen LogP contribution in [0.15, 0.2) is 54.6 Å². The van der Waals surface area contributed by atoms with E-state index in [1.165, 1.54) is 11.9 Å². The Kier molecular flexibility index (Phi) is 8.79. The maximum absolute atomic E-state index is 12.5. The van der Waals surface area contributed by atoms with E-state index in [4.69, 9.17) is 0 Å². The molecule has 1 amide bonds. The standard InChI is InChI=1S/C24H31N3O3S/c1-31(30)19-24(29)25-21-9-7-8-20(18-21)23(28)12-5-6-13-26-14-16-27(17-15-26)22-10-3-2-4-11-22/h2-4,7-11,18H,5-6,12-17,19H2,1H3,(H,25,29). The van der Waals surface area contributed by atoms with Crippen LogP contribution in [0.4, 0.5) is 11.4 Å². The lowest BCUT2D eigenvalue weighted by Crippen LogP contribution is -2.46. The number of ketones is 1. The Morgan fingerprint density at radius 2 is 1.71 bits per heavy atom. The van der Waals surface area contributed by atoms with Crippen LogP contribution < -0.4 is 10.2 Å². The van der Waals surface area contributed by atoms with Crippen molar-refractivity contribution in [1.29, 1.82) is 0 Å². The molecule has 0 aromatic heterocycles. The molecule has 1 aliphatic rings. The summed E-state index contributed by atoms with van der Waals surface area (Å²) in [5.41, 5.74) is 2.46. The van der Waals surface area contributed by atoms with Gasteiger partial charge in [-0.3, -0.25) is 18.7 Å². The Bertz CT molecular complexity index is 896. The molecule has 2 aromatic carbocycles. The van der Waals surface area contributed by atoms with Gasteiger partial charge in [0, 0.05) is 66.6 Å². The molecule has 1 atom stereocenters. The van der Waals surface area contributed by atoms with E-state index in [1.807, 2.05) is 6.07 Å². The molecule has 0 bridgehead atoms. The van der Waals surface area contributed by atoms with E-state index in [-0.39, 0.29) is 17.4 Å². The van der Waals surface area contributed by atoms with E-state index >= 15 is 0 Å². The molecular formula is C24H31N3O3S. The summed E-state index contributed by atoms with van der Waals surface area (Å²) in [6.45, 7) is 5.18. The molecule has 1 unspecified atom stereocenters. The lowest BCUT2D eigenvalue weighted by molar-refractivity contribution is -0.113. The van der Waals surface area contributed by atoms with Crippen molar-refractivity contribution in [3.8, 4) is 0 Å². The third-order valence-electron chi connectivity index (χ3n) is 5.42. The highest BCUT2D eigenvalue weighted by Crippen LogP contribution is 2.17. The summed E-state index contributed by atoms with van der Waals surface area (Å²) in [5.74, 6) is -0.264. The van der Waals surface area contributed by atoms with Crippen LogP contribution in [-0.2, 0) is 15.6 Å². The molecule has 1 aliphatic heterocycles. The molecule has 3 rings (SSSR count). The molecule has 1 saturated heterocycles. The van der Waals surface area contributed by atoms with Gasteiger partial charge in [0.05, 0.1) is 0 Å². The van der Waals surface area contributed by atoms with Crippen LogP contribution in [0.5, 0.6) is 0 Å². The van der Waals surface area contributed by atoms with Crippen molar-refractivity contribution in [3.63, 3.8) is 0 Å². The van der Waals surface area contributed by atoms with E-state index in [0.717, 1.165) is 45.6 Å². The highest BCUT2D eigenvalue weighted by Gasteiger charge is 2.17. The molecule has 166 valence electrons. The third kappa shape index (κ3) is 7.60. The molecule has 2 aromatic rings. The van der Waals surface area contributed by atoms with Crippen LogP contribution in [0.2, 0.25) is 0 Å². The zero-order valence-corrected chi connectivity index (χ0v) is 18.9. The van der Waals surface area contributed by atoms with Gasteiger partial charge in [0.2, 0.25) is 5.91 Å². The third-order valence-corrected chi connectivity index (χ3v) is 6.09. The number of anilines is 2. The number of nitrogens with zero attached hydrogens (tertiary/aromatic N) is 2. The average molecular weight is 442 g/mol. The minimum Gasteiger partial charge on any atom is -0.369 e. The van der Waals surface area contributed by atoms with E-state index in [9.17, 15) is 13.8 Å². The van der Waals surface area contributed by atoms with Gasteiger partial charge < -0.3 is 10.2 Å². The first-order chi connectivity index (χ1) is 15.0. The number of piperazine rings is 1. The maximum atomic E-state index is 12.5. The lowest BCUT2D eigenvalue weighted by atomic mass is 10.0. The minimum atomic E-state index is -1.19. The first-order valence-electron chi connectivity index (χ1n) is 10.8. The van der Waals surface area contributed by atoms with Crippen molar-refractivity contribution in [2.24, 2.45) is 0 Å². The van der Waals surface area contributed by atoms with E-state index in [0.29, 0.717) is 17.7 Å². The van der Waals surface area contributed by atoms with Gasteiger partial charge in [0.15, 0.2) is 5.78 Å². The highest BCUT2D eigenvalue weighted by molar-refractivity contribution is 7.85. The fraction of sp³-hybridized carbons (Fsp3) is 0.417. The van der Waals surface area contributed by atoms with Crippen LogP contribution in [0.25, 0.3) is 0 Å². The zero-order valence-electron chi connectivity index (χ0n) is 18.1. The number of hydrogen-bond donors (Lipinski definition) is 1. The maximum Gasteiger partial charge on any atom is 0.236 e. The number of hydrogen-bond acceptors (Lipinski definition) is 5. The van der Waals surface area contributed by atoms with Crippen molar-refractivity contribution in [1.82, 2.24) is 4.90 Å². The van der Waals surface area contributed by atoms with Gasteiger partial charge in [-0.2, -0.15) is 0 Å². The molecule has 6 nitrogen and oxygen atoms in total. The predicted molar refractivity (Wildman–Crippen MR) is 127 cm³/mol. The largest absolute Gasteiger partial charge is 0.369 e. The van der Waals surface area contributed by atoms with Crippen LogP contribution in [0, 0.1) is 0 Å². The predicted octanol–water partition coefficient (Wildman–Crippen LogP) is 3.18. The van der Waals surface area contributed by atoms with Crippen LogP contribution >= 0.6 is 0 Å². The average Bonchev–Trinajstić information content (AvgIpc) is 2.77. The van der Waals surface area contributed by atoms with Crippen LogP contribution in [0.1, 0.15) is 29.6 Å². The van der Waals surface area contributed by atoms with E-state index in [2.05, 4.69) is 39.4 Å². The zero-order chi connectivity index (χ0) is 22.1. The quantitative estimate of drug-likeness (QED) is 0.453. The van der Waals surface area contributed by atoms with Gasteiger partial charge in [-0.25, -0.2) is 0 Å². The SMILES string of the molecule is CS(=O)CC(=O)Nc1cccc(C(=O)CCCCN2CCN(c3ccccc3)CC2)c1. The van der Waals surface area contributed by atoms with E-state index < -0.39 is 10.8 Å². The number of unbranched alkanes of at least 4 members (excludes halogenated alkanes) is 1. The van der Waals surface area contributed by atoms with Gasteiger partial charge in [-0.05, 0) is 43.7 Å². The molecule has 1 fully saturated rings. The van der Waals surface area contributed by atoms with Crippen molar-refractivity contribution >= 4 is 33.9 Å². The lowest BCUT2D eigenvalue weighted by Gasteiger charge is -2.36. The minimum absolute atomic E-state index is 0.0439.